The summed E-state index contributed by atoms with van der Waals surface area (Å²) in [6, 6.07) is 12.0. The molecule has 0 bridgehead atoms. The maximum Gasteiger partial charge on any atom is 0.262 e. The molecule has 0 saturated carbocycles. The molecule has 1 heterocycles. The number of benzene rings is 2. The number of nitrogens with one attached hydrogen (secondary N) is 2. The molecule has 0 aliphatic carbocycles. The van der Waals surface area contributed by atoms with Crippen molar-refractivity contribution in [2.45, 2.75) is 20.4 Å². The fourth-order valence-electron chi connectivity index (χ4n) is 2.69. The number of hydrogen-bond acceptors (Lipinski definition) is 4. The molecule has 1 amide bonds. The van der Waals surface area contributed by atoms with E-state index in [4.69, 9.17) is 17.0 Å². The van der Waals surface area contributed by atoms with Crippen LogP contribution in [0.4, 0.5) is 5.69 Å². The zero-order valence-corrected chi connectivity index (χ0v) is 15.4. The number of rotatable bonds is 5. The molecule has 2 aromatic carbocycles. The Balaban J connectivity index is 1.89. The van der Waals surface area contributed by atoms with E-state index in [0.29, 0.717) is 40.1 Å². The molecule has 26 heavy (non-hydrogen) atoms. The summed E-state index contributed by atoms with van der Waals surface area (Å²) in [6.45, 7) is 4.85. The van der Waals surface area contributed by atoms with E-state index in [2.05, 4.69) is 10.3 Å². The fraction of sp³-hybridized carbons (Fsp3) is 0.211. The summed E-state index contributed by atoms with van der Waals surface area (Å²) in [7, 11) is 0. The number of aromatic nitrogens is 2. The number of carbonyl (C=O) groups is 1. The zero-order valence-electron chi connectivity index (χ0n) is 14.5. The molecular weight excluding hydrogens is 350 g/mol. The van der Waals surface area contributed by atoms with E-state index < -0.39 is 0 Å². The Morgan fingerprint density at radius 1 is 1.19 bits per heavy atom. The van der Waals surface area contributed by atoms with Gasteiger partial charge in [-0.1, -0.05) is 0 Å². The van der Waals surface area contributed by atoms with E-state index in [-0.39, 0.29) is 11.5 Å². The fourth-order valence-corrected chi connectivity index (χ4v) is 3.01. The minimum Gasteiger partial charge on any atom is -0.494 e. The molecular formula is C19H19N3O3S. The Hall–Kier alpha value is -2.93. The molecule has 3 rings (SSSR count). The summed E-state index contributed by atoms with van der Waals surface area (Å²) < 4.78 is 7.21. The summed E-state index contributed by atoms with van der Waals surface area (Å²) >= 11 is 5.21. The molecule has 6 nitrogen and oxygen atoms in total. The largest absolute Gasteiger partial charge is 0.494 e. The van der Waals surface area contributed by atoms with Gasteiger partial charge in [0.25, 0.3) is 11.5 Å². The number of nitrogens with zero attached hydrogens (tertiary/aromatic N) is 1. The molecule has 0 aliphatic rings. The van der Waals surface area contributed by atoms with Gasteiger partial charge in [-0.2, -0.15) is 0 Å². The molecule has 1 aromatic heterocycles. The number of amides is 1. The highest BCUT2D eigenvalue weighted by Gasteiger charge is 2.10. The summed E-state index contributed by atoms with van der Waals surface area (Å²) in [5.41, 5.74) is 1.48. The molecule has 3 aromatic rings. The highest BCUT2D eigenvalue weighted by Crippen LogP contribution is 2.17. The van der Waals surface area contributed by atoms with Crippen molar-refractivity contribution in [1.29, 1.82) is 0 Å². The highest BCUT2D eigenvalue weighted by atomic mass is 32.1. The summed E-state index contributed by atoms with van der Waals surface area (Å²) in [5, 5.41) is 3.32. The van der Waals surface area contributed by atoms with Crippen LogP contribution >= 0.6 is 12.2 Å². The van der Waals surface area contributed by atoms with Gasteiger partial charge in [-0.05, 0) is 68.5 Å². The Labute approximate surface area is 155 Å². The van der Waals surface area contributed by atoms with Crippen LogP contribution in [0.5, 0.6) is 5.75 Å². The third-order valence-electron chi connectivity index (χ3n) is 3.98. The van der Waals surface area contributed by atoms with Crippen LogP contribution in [0, 0.1) is 4.77 Å². The second kappa shape index (κ2) is 7.53. The molecule has 0 atom stereocenters. The number of hydrogen-bond donors (Lipinski definition) is 2. The van der Waals surface area contributed by atoms with Crippen LogP contribution in [0.2, 0.25) is 0 Å². The van der Waals surface area contributed by atoms with Crippen molar-refractivity contribution in [3.63, 3.8) is 0 Å². The lowest BCUT2D eigenvalue weighted by molar-refractivity contribution is 0.102. The van der Waals surface area contributed by atoms with Crippen molar-refractivity contribution >= 4 is 34.7 Å². The zero-order chi connectivity index (χ0) is 18.7. The van der Waals surface area contributed by atoms with E-state index in [1.165, 1.54) is 4.57 Å². The lowest BCUT2D eigenvalue weighted by Gasteiger charge is -2.09. The highest BCUT2D eigenvalue weighted by molar-refractivity contribution is 7.71. The van der Waals surface area contributed by atoms with Gasteiger partial charge in [0.1, 0.15) is 5.75 Å². The van der Waals surface area contributed by atoms with Crippen LogP contribution in [0.25, 0.3) is 10.9 Å². The predicted octanol–water partition coefficient (Wildman–Crippen LogP) is 3.73. The molecule has 134 valence electrons. The van der Waals surface area contributed by atoms with Crippen LogP contribution in [0.15, 0.2) is 47.3 Å². The molecule has 0 fully saturated rings. The summed E-state index contributed by atoms with van der Waals surface area (Å²) in [5.74, 6) is 0.478. The monoisotopic (exact) mass is 369 g/mol. The van der Waals surface area contributed by atoms with Crippen molar-refractivity contribution in [1.82, 2.24) is 9.55 Å². The number of carbonyl (C=O) groups excluding carboxylic acids is 1. The van der Waals surface area contributed by atoms with Crippen molar-refractivity contribution in [3.8, 4) is 5.75 Å². The number of anilines is 1. The lowest BCUT2D eigenvalue weighted by atomic mass is 10.1. The average molecular weight is 369 g/mol. The molecule has 2 N–H and O–H groups in total. The molecule has 0 spiro atoms. The van der Waals surface area contributed by atoms with E-state index in [1.54, 1.807) is 42.5 Å². The third kappa shape index (κ3) is 3.52. The van der Waals surface area contributed by atoms with E-state index in [1.807, 2.05) is 13.8 Å². The van der Waals surface area contributed by atoms with Crippen molar-refractivity contribution in [2.75, 3.05) is 11.9 Å². The van der Waals surface area contributed by atoms with Gasteiger partial charge < -0.3 is 15.0 Å². The van der Waals surface area contributed by atoms with Gasteiger partial charge in [-0.25, -0.2) is 0 Å². The van der Waals surface area contributed by atoms with Gasteiger partial charge in [0.05, 0.1) is 17.5 Å². The Morgan fingerprint density at radius 2 is 1.92 bits per heavy atom. The maximum atomic E-state index is 12.5. The van der Waals surface area contributed by atoms with Crippen molar-refractivity contribution in [2.24, 2.45) is 0 Å². The molecule has 0 aliphatic heterocycles. The topological polar surface area (TPSA) is 76.1 Å². The average Bonchev–Trinajstić information content (AvgIpc) is 2.63. The Kier molecular flexibility index (Phi) is 5.18. The number of fused-ring (bicyclic) bond motifs is 1. The quantitative estimate of drug-likeness (QED) is 0.672. The third-order valence-corrected chi connectivity index (χ3v) is 4.31. The van der Waals surface area contributed by atoms with Gasteiger partial charge >= 0.3 is 0 Å². The summed E-state index contributed by atoms with van der Waals surface area (Å²) in [6.07, 6.45) is 0. The molecule has 0 unspecified atom stereocenters. The second-order valence-corrected chi connectivity index (χ2v) is 6.04. The number of ether oxygens (including phenoxy) is 1. The Bertz CT molecular complexity index is 1070. The minimum absolute atomic E-state index is 0.162. The van der Waals surface area contributed by atoms with Crippen molar-refractivity contribution < 1.29 is 9.53 Å². The molecule has 0 radical (unpaired) electrons. The molecule has 7 heteroatoms. The number of H-pyrrole nitrogens is 1. The first-order valence-electron chi connectivity index (χ1n) is 8.34. The normalized spacial score (nSPS) is 10.7. The Morgan fingerprint density at radius 3 is 2.58 bits per heavy atom. The van der Waals surface area contributed by atoms with Gasteiger partial charge in [-0.15, -0.1) is 0 Å². The first kappa shape index (κ1) is 17.9. The van der Waals surface area contributed by atoms with Gasteiger partial charge in [-0.3, -0.25) is 14.2 Å². The first-order chi connectivity index (χ1) is 12.5. The minimum atomic E-state index is -0.268. The van der Waals surface area contributed by atoms with Crippen LogP contribution in [0.1, 0.15) is 24.2 Å². The van der Waals surface area contributed by atoms with Gasteiger partial charge in [0.2, 0.25) is 0 Å². The van der Waals surface area contributed by atoms with Crippen LogP contribution in [0.3, 0.4) is 0 Å². The van der Waals surface area contributed by atoms with Gasteiger partial charge in [0.15, 0.2) is 4.77 Å². The first-order valence-corrected chi connectivity index (χ1v) is 8.75. The SMILES string of the molecule is CCOc1ccc(NC(=O)c2ccc3c(=O)n(CC)c(=S)[nH]c3c2)cc1. The van der Waals surface area contributed by atoms with Crippen LogP contribution in [-0.2, 0) is 6.54 Å². The molecule has 0 saturated heterocycles. The van der Waals surface area contributed by atoms with E-state index in [0.717, 1.165) is 5.75 Å². The van der Waals surface area contributed by atoms with Crippen LogP contribution < -0.4 is 15.6 Å². The number of aromatic amines is 1. The smallest absolute Gasteiger partial charge is 0.262 e. The van der Waals surface area contributed by atoms with Crippen molar-refractivity contribution in [3.05, 3.63) is 63.2 Å². The van der Waals surface area contributed by atoms with E-state index >= 15 is 0 Å². The van der Waals surface area contributed by atoms with E-state index in [9.17, 15) is 9.59 Å². The predicted molar refractivity (Wildman–Crippen MR) is 105 cm³/mol. The standard InChI is InChI=1S/C19H19N3O3S/c1-3-22-18(24)15-10-5-12(11-16(15)21-19(22)26)17(23)20-13-6-8-14(9-7-13)25-4-2/h5-11H,3-4H2,1-2H3,(H,20,23)(H,21,26). The van der Waals surface area contributed by atoms with Gasteiger partial charge in [0, 0.05) is 17.8 Å². The van der Waals surface area contributed by atoms with Crippen LogP contribution in [-0.4, -0.2) is 22.1 Å². The summed E-state index contributed by atoms with van der Waals surface area (Å²) in [4.78, 5) is 27.9. The lowest BCUT2D eigenvalue weighted by Crippen LogP contribution is -2.21. The maximum absolute atomic E-state index is 12.5. The second-order valence-electron chi connectivity index (χ2n) is 5.65.